The number of benzene rings is 1. The third-order valence-corrected chi connectivity index (χ3v) is 5.17. The standard InChI is InChI=1S/C15H14N2OS2/c1-3-10-6-4-7-11-13(10)17(2)15(20-11)16-14(18)12-8-5-9-19-12/h4-9H,3H2,1-2H3. The van der Waals surface area contributed by atoms with Crippen molar-refractivity contribution in [3.8, 4) is 0 Å². The number of carbonyl (C=O) groups excluding carboxylic acids is 1. The number of para-hydroxylation sites is 1. The minimum atomic E-state index is -0.166. The van der Waals surface area contributed by atoms with Crippen molar-refractivity contribution in [2.75, 3.05) is 0 Å². The minimum Gasteiger partial charge on any atom is -0.319 e. The van der Waals surface area contributed by atoms with E-state index in [0.717, 1.165) is 11.2 Å². The highest BCUT2D eigenvalue weighted by Gasteiger charge is 2.09. The molecule has 0 spiro atoms. The van der Waals surface area contributed by atoms with Crippen LogP contribution in [0, 0.1) is 0 Å². The summed E-state index contributed by atoms with van der Waals surface area (Å²) in [5, 5.41) is 1.89. The second-order valence-electron chi connectivity index (χ2n) is 4.46. The van der Waals surface area contributed by atoms with Crippen LogP contribution in [0.15, 0.2) is 40.7 Å². The van der Waals surface area contributed by atoms with Crippen molar-refractivity contribution in [2.45, 2.75) is 13.3 Å². The molecule has 0 unspecified atom stereocenters. The number of aryl methyl sites for hydroxylation is 2. The van der Waals surface area contributed by atoms with E-state index in [1.165, 1.54) is 27.1 Å². The van der Waals surface area contributed by atoms with Gasteiger partial charge in [0.1, 0.15) is 0 Å². The molecule has 5 heteroatoms. The largest absolute Gasteiger partial charge is 0.319 e. The maximum Gasteiger partial charge on any atom is 0.289 e. The first-order chi connectivity index (χ1) is 9.70. The van der Waals surface area contributed by atoms with Gasteiger partial charge in [0.15, 0.2) is 4.80 Å². The fourth-order valence-electron chi connectivity index (χ4n) is 2.22. The normalized spacial score (nSPS) is 12.2. The lowest BCUT2D eigenvalue weighted by Gasteiger charge is -2.01. The summed E-state index contributed by atoms with van der Waals surface area (Å²) in [5.74, 6) is -0.166. The number of nitrogens with zero attached hydrogens (tertiary/aromatic N) is 2. The molecule has 0 aliphatic rings. The van der Waals surface area contributed by atoms with E-state index < -0.39 is 0 Å². The van der Waals surface area contributed by atoms with Crippen molar-refractivity contribution in [2.24, 2.45) is 12.0 Å². The number of thiophene rings is 1. The molecule has 1 aromatic carbocycles. The molecule has 0 aliphatic heterocycles. The van der Waals surface area contributed by atoms with Crippen molar-refractivity contribution in [3.05, 3.63) is 51.0 Å². The Morgan fingerprint density at radius 3 is 2.85 bits per heavy atom. The minimum absolute atomic E-state index is 0.166. The van der Waals surface area contributed by atoms with Gasteiger partial charge >= 0.3 is 0 Å². The van der Waals surface area contributed by atoms with Gasteiger partial charge in [-0.25, -0.2) is 0 Å². The molecule has 0 N–H and O–H groups in total. The van der Waals surface area contributed by atoms with Crippen LogP contribution in [0.3, 0.4) is 0 Å². The van der Waals surface area contributed by atoms with Gasteiger partial charge in [-0.1, -0.05) is 36.5 Å². The molecule has 20 heavy (non-hydrogen) atoms. The number of hydrogen-bond donors (Lipinski definition) is 0. The lowest BCUT2D eigenvalue weighted by atomic mass is 10.1. The fourth-order valence-corrected chi connectivity index (χ4v) is 3.89. The Morgan fingerprint density at radius 2 is 2.15 bits per heavy atom. The zero-order valence-electron chi connectivity index (χ0n) is 11.3. The van der Waals surface area contributed by atoms with Crippen molar-refractivity contribution in [1.82, 2.24) is 4.57 Å². The van der Waals surface area contributed by atoms with Crippen molar-refractivity contribution >= 4 is 38.8 Å². The maximum atomic E-state index is 12.1. The molecule has 3 nitrogen and oxygen atoms in total. The number of amides is 1. The Kier molecular flexibility index (Phi) is 3.54. The average Bonchev–Trinajstić information content (AvgIpc) is 3.08. The van der Waals surface area contributed by atoms with E-state index in [9.17, 15) is 4.79 Å². The molecule has 0 radical (unpaired) electrons. The summed E-state index contributed by atoms with van der Waals surface area (Å²) < 4.78 is 3.19. The van der Waals surface area contributed by atoms with Crippen LogP contribution in [0.4, 0.5) is 0 Å². The molecule has 0 atom stereocenters. The van der Waals surface area contributed by atoms with E-state index in [-0.39, 0.29) is 5.91 Å². The molecule has 1 amide bonds. The Balaban J connectivity index is 2.18. The van der Waals surface area contributed by atoms with Crippen LogP contribution in [-0.4, -0.2) is 10.5 Å². The first kappa shape index (κ1) is 13.3. The van der Waals surface area contributed by atoms with Crippen LogP contribution in [0.25, 0.3) is 10.2 Å². The Hall–Kier alpha value is -1.72. The first-order valence-electron chi connectivity index (χ1n) is 6.40. The summed E-state index contributed by atoms with van der Waals surface area (Å²) in [5.41, 5.74) is 2.46. The van der Waals surface area contributed by atoms with E-state index >= 15 is 0 Å². The van der Waals surface area contributed by atoms with Crippen molar-refractivity contribution in [3.63, 3.8) is 0 Å². The molecular formula is C15H14N2OS2. The van der Waals surface area contributed by atoms with Crippen LogP contribution < -0.4 is 4.80 Å². The van der Waals surface area contributed by atoms with Crippen molar-refractivity contribution < 1.29 is 4.79 Å². The average molecular weight is 302 g/mol. The van der Waals surface area contributed by atoms with Gasteiger partial charge in [0, 0.05) is 7.05 Å². The van der Waals surface area contributed by atoms with Crippen molar-refractivity contribution in [1.29, 1.82) is 0 Å². The van der Waals surface area contributed by atoms with E-state index in [0.29, 0.717) is 4.88 Å². The van der Waals surface area contributed by atoms with Gasteiger partial charge in [-0.2, -0.15) is 4.99 Å². The zero-order chi connectivity index (χ0) is 14.1. The number of carbonyl (C=O) groups is 1. The van der Waals surface area contributed by atoms with E-state index in [1.807, 2.05) is 23.1 Å². The zero-order valence-corrected chi connectivity index (χ0v) is 12.9. The highest BCUT2D eigenvalue weighted by molar-refractivity contribution is 7.16. The number of aromatic nitrogens is 1. The second kappa shape index (κ2) is 5.34. The highest BCUT2D eigenvalue weighted by Crippen LogP contribution is 2.21. The molecule has 0 aliphatic carbocycles. The van der Waals surface area contributed by atoms with Gasteiger partial charge in [0.25, 0.3) is 5.91 Å². The monoisotopic (exact) mass is 302 g/mol. The molecule has 3 aromatic rings. The third kappa shape index (κ3) is 2.23. The molecule has 2 heterocycles. The van der Waals surface area contributed by atoms with Gasteiger partial charge in [-0.3, -0.25) is 4.79 Å². The SMILES string of the molecule is CCc1cccc2sc(=NC(=O)c3cccs3)n(C)c12. The number of rotatable bonds is 2. The molecule has 0 bridgehead atoms. The smallest absolute Gasteiger partial charge is 0.289 e. The van der Waals surface area contributed by atoms with Crippen LogP contribution in [0.2, 0.25) is 0 Å². The molecule has 102 valence electrons. The number of fused-ring (bicyclic) bond motifs is 1. The third-order valence-electron chi connectivity index (χ3n) is 3.22. The van der Waals surface area contributed by atoms with Gasteiger partial charge in [0.05, 0.1) is 15.1 Å². The molecular weight excluding hydrogens is 288 g/mol. The summed E-state index contributed by atoms with van der Waals surface area (Å²) in [6.07, 6.45) is 0.972. The molecule has 0 saturated carbocycles. The molecule has 0 saturated heterocycles. The summed E-state index contributed by atoms with van der Waals surface area (Å²) in [6.45, 7) is 2.14. The van der Waals surface area contributed by atoms with Crippen LogP contribution in [0.1, 0.15) is 22.2 Å². The summed E-state index contributed by atoms with van der Waals surface area (Å²) in [7, 11) is 1.97. The van der Waals surface area contributed by atoms with Crippen LogP contribution in [-0.2, 0) is 13.5 Å². The topological polar surface area (TPSA) is 34.4 Å². The molecule has 0 fully saturated rings. The molecule has 3 rings (SSSR count). The second-order valence-corrected chi connectivity index (χ2v) is 6.41. The quantitative estimate of drug-likeness (QED) is 0.712. The Bertz CT molecular complexity index is 825. The highest BCUT2D eigenvalue weighted by atomic mass is 32.1. The lowest BCUT2D eigenvalue weighted by Crippen LogP contribution is -2.13. The van der Waals surface area contributed by atoms with Gasteiger partial charge in [-0.05, 0) is 29.5 Å². The van der Waals surface area contributed by atoms with E-state index in [2.05, 4.69) is 30.1 Å². The van der Waals surface area contributed by atoms with Crippen LogP contribution in [0.5, 0.6) is 0 Å². The Labute approximate surface area is 124 Å². The maximum absolute atomic E-state index is 12.1. The summed E-state index contributed by atoms with van der Waals surface area (Å²) >= 11 is 2.98. The molecule has 2 aromatic heterocycles. The van der Waals surface area contributed by atoms with Crippen LogP contribution >= 0.6 is 22.7 Å². The predicted molar refractivity (Wildman–Crippen MR) is 84.4 cm³/mol. The predicted octanol–water partition coefficient (Wildman–Crippen LogP) is 3.60. The summed E-state index contributed by atoms with van der Waals surface area (Å²) in [4.78, 5) is 17.8. The Morgan fingerprint density at radius 1 is 1.30 bits per heavy atom. The number of hydrogen-bond acceptors (Lipinski definition) is 3. The lowest BCUT2D eigenvalue weighted by molar-refractivity contribution is 0.100. The fraction of sp³-hybridized carbons (Fsp3) is 0.200. The van der Waals surface area contributed by atoms with Gasteiger partial charge in [-0.15, -0.1) is 11.3 Å². The van der Waals surface area contributed by atoms with E-state index in [1.54, 1.807) is 17.4 Å². The van der Waals surface area contributed by atoms with Gasteiger partial charge in [0.2, 0.25) is 0 Å². The summed E-state index contributed by atoms with van der Waals surface area (Å²) in [6, 6.07) is 9.94. The van der Waals surface area contributed by atoms with E-state index in [4.69, 9.17) is 0 Å². The van der Waals surface area contributed by atoms with Gasteiger partial charge < -0.3 is 4.57 Å². The number of thiazole rings is 1. The first-order valence-corrected chi connectivity index (χ1v) is 8.10.